The van der Waals surface area contributed by atoms with E-state index < -0.39 is 16.5 Å². The zero-order valence-electron chi connectivity index (χ0n) is 37.5. The zero-order chi connectivity index (χ0) is 48.9. The molecule has 370 valence electrons. The summed E-state index contributed by atoms with van der Waals surface area (Å²) in [6.45, 7) is 8.31. The third-order valence-corrected chi connectivity index (χ3v) is 10.9. The minimum Gasteiger partial charge on any atom is -0.468 e. The van der Waals surface area contributed by atoms with Gasteiger partial charge >= 0.3 is 33.9 Å². The van der Waals surface area contributed by atoms with Crippen molar-refractivity contribution in [2.24, 2.45) is 5.92 Å². The van der Waals surface area contributed by atoms with E-state index in [1.165, 1.54) is 39.0 Å². The van der Waals surface area contributed by atoms with Crippen LogP contribution in [0.1, 0.15) is 126 Å². The summed E-state index contributed by atoms with van der Waals surface area (Å²) in [5.41, 5.74) is 0. The highest BCUT2D eigenvalue weighted by Crippen LogP contribution is 2.30. The first-order valence-electron chi connectivity index (χ1n) is 21.2. The summed E-state index contributed by atoms with van der Waals surface area (Å²) in [4.78, 5) is 44.8. The average Bonchev–Trinajstić information content (AvgIpc) is 3.32. The number of hydrogen-bond donors (Lipinski definition) is 0. The van der Waals surface area contributed by atoms with Gasteiger partial charge in [-0.05, 0) is 126 Å². The van der Waals surface area contributed by atoms with Crippen LogP contribution in [0.25, 0.3) is 0 Å². The first-order chi connectivity index (χ1) is 31.7. The van der Waals surface area contributed by atoms with Gasteiger partial charge in [-0.15, -0.1) is 9.05 Å². The van der Waals surface area contributed by atoms with E-state index in [1.807, 2.05) is 18.9 Å². The number of aldehydes is 1. The molecule has 0 saturated heterocycles. The Labute approximate surface area is 397 Å². The molecule has 0 N–H and O–H groups in total. The molecule has 0 bridgehead atoms. The SMILES string of the molecule is C=O.CC1CCC(OP=O)CC1.CC=O.O=CCl.O=COCCCCCCOC=O.O=POC1CCCCC1.O=[P+](OCCCCCCO[P+](=O)Oc1ccccc1)Oc1ccccc1.[HH].[HH]. The van der Waals surface area contributed by atoms with Crippen LogP contribution in [0, 0.1) is 5.92 Å². The maximum atomic E-state index is 11.6. The highest BCUT2D eigenvalue weighted by molar-refractivity contribution is 7.34. The van der Waals surface area contributed by atoms with Crippen LogP contribution in [-0.4, -0.2) is 70.4 Å². The summed E-state index contributed by atoms with van der Waals surface area (Å²) < 4.78 is 82.6. The van der Waals surface area contributed by atoms with Crippen LogP contribution in [0.2, 0.25) is 0 Å². The molecule has 2 unspecified atom stereocenters. The summed E-state index contributed by atoms with van der Waals surface area (Å²) in [7, 11) is -4.60. The predicted molar refractivity (Wildman–Crippen MR) is 254 cm³/mol. The van der Waals surface area contributed by atoms with Gasteiger partial charge in [0.15, 0.2) is 11.5 Å². The number of halogens is 1. The van der Waals surface area contributed by atoms with Gasteiger partial charge in [-0.2, -0.15) is 0 Å². The summed E-state index contributed by atoms with van der Waals surface area (Å²) >= 11 is 4.32. The highest BCUT2D eigenvalue weighted by Gasteiger charge is 2.23. The van der Waals surface area contributed by atoms with Crippen molar-refractivity contribution in [2.45, 2.75) is 135 Å². The second kappa shape index (κ2) is 54.9. The van der Waals surface area contributed by atoms with Crippen molar-refractivity contribution in [1.29, 1.82) is 0 Å². The van der Waals surface area contributed by atoms with E-state index in [0.717, 1.165) is 89.3 Å². The van der Waals surface area contributed by atoms with Gasteiger partial charge in [0.05, 0.1) is 25.4 Å². The minimum absolute atomic E-state index is 0. The van der Waals surface area contributed by atoms with Crippen molar-refractivity contribution in [3.05, 3.63) is 60.7 Å². The number of rotatable bonds is 26. The molecule has 22 heteroatoms. The molecule has 2 saturated carbocycles. The lowest BCUT2D eigenvalue weighted by Gasteiger charge is -2.23. The van der Waals surface area contributed by atoms with Gasteiger partial charge in [0.1, 0.15) is 26.3 Å². The van der Waals surface area contributed by atoms with E-state index in [0.29, 0.717) is 50.9 Å². The van der Waals surface area contributed by atoms with E-state index >= 15 is 0 Å². The summed E-state index contributed by atoms with van der Waals surface area (Å²) in [5, 5.41) is 0. The van der Waals surface area contributed by atoms with E-state index in [-0.39, 0.29) is 38.2 Å². The molecule has 2 aromatic rings. The van der Waals surface area contributed by atoms with Gasteiger partial charge in [-0.3, -0.25) is 23.4 Å². The lowest BCUT2D eigenvalue weighted by molar-refractivity contribution is -0.129. The number of para-hydroxylation sites is 2. The van der Waals surface area contributed by atoms with Crippen molar-refractivity contribution < 1.29 is 81.7 Å². The first kappa shape index (κ1) is 65.8. The molecule has 0 aromatic heterocycles. The van der Waals surface area contributed by atoms with E-state index in [4.69, 9.17) is 41.5 Å². The molecule has 2 aromatic carbocycles. The summed E-state index contributed by atoms with van der Waals surface area (Å²) in [6.07, 6.45) is 18.9. The van der Waals surface area contributed by atoms with Gasteiger partial charge in [-0.1, -0.05) is 75.4 Å². The van der Waals surface area contributed by atoms with E-state index in [1.54, 1.807) is 48.5 Å². The Balaban J connectivity index is -0.000000262. The molecule has 65 heavy (non-hydrogen) atoms. The van der Waals surface area contributed by atoms with E-state index in [2.05, 4.69) is 28.0 Å². The molecule has 2 fully saturated rings. The second-order valence-electron chi connectivity index (χ2n) is 13.5. The van der Waals surface area contributed by atoms with Crippen LogP contribution in [0.4, 0.5) is 0 Å². The van der Waals surface area contributed by atoms with Crippen molar-refractivity contribution >= 4 is 77.2 Å². The Bertz CT molecular complexity index is 1360. The largest absolute Gasteiger partial charge is 0.750 e. The van der Waals surface area contributed by atoms with Gasteiger partial charge < -0.3 is 19.1 Å². The smallest absolute Gasteiger partial charge is 0.468 e. The van der Waals surface area contributed by atoms with Gasteiger partial charge in [0.25, 0.3) is 12.9 Å². The molecule has 0 radical (unpaired) electrons. The maximum Gasteiger partial charge on any atom is 0.750 e. The van der Waals surface area contributed by atoms with Gasteiger partial charge in [-0.25, -0.2) is 18.2 Å². The quantitative estimate of drug-likeness (QED) is 0.0369. The zero-order valence-corrected chi connectivity index (χ0v) is 41.8. The molecular formula is C43H71ClO17P4+2. The first-order valence-corrected chi connectivity index (χ1v) is 25.3. The topological polar surface area (TPSA) is 227 Å². The fourth-order valence-electron chi connectivity index (χ4n) is 5.47. The highest BCUT2D eigenvalue weighted by atomic mass is 35.5. The fraction of sp³-hybridized carbons (Fsp3) is 0.605. The molecule has 2 atom stereocenters. The standard InChI is InChI=1S/C18H22O6P2.C8H14O4.C7H13O2P.C6H11O2P.C2H4O.CHClO.CH2O.2H2/c19-25(23-17-11-5-3-6-12-17)21-15-9-1-2-10-16-22-26(20)24-18-13-7-4-8-14-18;9-7-11-5-3-1-2-4-6-12-8-10;1-6-2-4-7(5-3-6)9-10-8;7-9-8-6-4-2-1-3-5-6;1-2-3;2-1-3;1-2;;/h3-8,11-14H,1-2,9-10,15-16H2;7-8H,1-6H2;6-7H,2-5H2,1H3;6H,1-5H2;2H,1H3;1H;1H2;2*1H/q+2;;;;;;;;. The fourth-order valence-corrected chi connectivity index (χ4v) is 7.39. The third-order valence-electron chi connectivity index (χ3n) is 8.59. The van der Waals surface area contributed by atoms with Crippen molar-refractivity contribution in [2.75, 3.05) is 26.4 Å². The Hall–Kier alpha value is -3.48. The number of carbonyl (C=O) groups is 5. The molecule has 0 heterocycles. The Morgan fingerprint density at radius 2 is 0.938 bits per heavy atom. The second-order valence-corrected chi connectivity index (χ2v) is 16.2. The van der Waals surface area contributed by atoms with Crippen molar-refractivity contribution in [3.8, 4) is 11.5 Å². The Morgan fingerprint density at radius 1 is 0.600 bits per heavy atom. The van der Waals surface area contributed by atoms with Gasteiger partial charge in [0.2, 0.25) is 5.75 Å². The normalized spacial score (nSPS) is 15.2. The number of carbonyl (C=O) groups excluding carboxylic acids is 5. The number of benzene rings is 2. The molecule has 2 aliphatic carbocycles. The van der Waals surface area contributed by atoms with Crippen LogP contribution in [0.5, 0.6) is 11.5 Å². The number of hydrogen-bond acceptors (Lipinski definition) is 17. The third kappa shape index (κ3) is 49.8. The van der Waals surface area contributed by atoms with Crippen LogP contribution >= 0.6 is 45.5 Å². The summed E-state index contributed by atoms with van der Waals surface area (Å²) in [5.74, 6) is 2.11. The average molecular weight is 1020 g/mol. The molecule has 0 spiro atoms. The maximum absolute atomic E-state index is 11.6. The van der Waals surface area contributed by atoms with Crippen molar-refractivity contribution in [3.63, 3.8) is 0 Å². The molecule has 0 aliphatic heterocycles. The molecule has 2 aliphatic rings. The Kier molecular flexibility index (Phi) is 55.5. The van der Waals surface area contributed by atoms with Crippen LogP contribution in [0.15, 0.2) is 60.7 Å². The van der Waals surface area contributed by atoms with Gasteiger partial charge in [0, 0.05) is 12.0 Å². The van der Waals surface area contributed by atoms with Crippen molar-refractivity contribution in [1.82, 2.24) is 0 Å². The molecular weight excluding hydrogens is 948 g/mol. The number of unbranched alkanes of at least 4 members (excludes halogenated alkanes) is 6. The molecule has 4 rings (SSSR count). The van der Waals surface area contributed by atoms with Crippen LogP contribution in [0.3, 0.4) is 0 Å². The summed E-state index contributed by atoms with van der Waals surface area (Å²) in [6, 6.07) is 17.8. The van der Waals surface area contributed by atoms with E-state index in [9.17, 15) is 27.8 Å². The lowest BCUT2D eigenvalue weighted by atomic mass is 9.89. The van der Waals surface area contributed by atoms with Crippen LogP contribution in [-0.2, 0) is 69.8 Å². The van der Waals surface area contributed by atoms with Crippen LogP contribution < -0.4 is 9.05 Å². The predicted octanol–water partition coefficient (Wildman–Crippen LogP) is 13.2. The minimum atomic E-state index is -2.15. The lowest BCUT2D eigenvalue weighted by Crippen LogP contribution is -2.16. The monoisotopic (exact) mass is 1020 g/mol. The molecule has 0 amide bonds. The number of ether oxygens (including phenoxy) is 2. The Morgan fingerprint density at radius 3 is 1.28 bits per heavy atom. The molecule has 17 nitrogen and oxygen atoms in total.